The molecule has 4 nitrogen and oxygen atoms in total. The van der Waals surface area contributed by atoms with Gasteiger partial charge in [-0.25, -0.2) is 4.98 Å². The van der Waals surface area contributed by atoms with Crippen molar-refractivity contribution in [1.82, 2.24) is 4.98 Å². The molecule has 0 amide bonds. The van der Waals surface area contributed by atoms with Gasteiger partial charge in [-0.2, -0.15) is 5.10 Å². The van der Waals surface area contributed by atoms with Crippen molar-refractivity contribution in [3.8, 4) is 5.75 Å². The van der Waals surface area contributed by atoms with Gasteiger partial charge in [-0.3, -0.25) is 5.43 Å². The highest BCUT2D eigenvalue weighted by Gasteiger charge is 2.08. The zero-order valence-corrected chi connectivity index (χ0v) is 12.9. The number of rotatable bonds is 3. The Hall–Kier alpha value is -1.82. The highest BCUT2D eigenvalue weighted by molar-refractivity contribution is 7.22. The van der Waals surface area contributed by atoms with E-state index in [2.05, 4.69) is 15.5 Å². The van der Waals surface area contributed by atoms with Crippen LogP contribution in [-0.4, -0.2) is 16.3 Å². The van der Waals surface area contributed by atoms with Gasteiger partial charge in [0.15, 0.2) is 0 Å². The zero-order chi connectivity index (χ0) is 14.8. The molecule has 3 rings (SSSR count). The molecule has 2 aromatic carbocycles. The minimum atomic E-state index is 0.169. The number of halogens is 2. The average molecular weight is 338 g/mol. The van der Waals surface area contributed by atoms with E-state index in [9.17, 15) is 5.11 Å². The van der Waals surface area contributed by atoms with Gasteiger partial charge in [0.2, 0.25) is 5.13 Å². The maximum Gasteiger partial charge on any atom is 0.204 e. The zero-order valence-electron chi connectivity index (χ0n) is 10.5. The highest BCUT2D eigenvalue weighted by Crippen LogP contribution is 2.33. The first kappa shape index (κ1) is 14.1. The number of aromatic nitrogens is 1. The summed E-state index contributed by atoms with van der Waals surface area (Å²) in [5, 5.41) is 15.4. The smallest absolute Gasteiger partial charge is 0.204 e. The Morgan fingerprint density at radius 2 is 2.05 bits per heavy atom. The summed E-state index contributed by atoms with van der Waals surface area (Å²) in [6.45, 7) is 0. The SMILES string of the molecule is Oc1ccccc1/C=N/Nc1nc2c(Cl)cc(Cl)cc2s1. The van der Waals surface area contributed by atoms with Crippen molar-refractivity contribution in [3.05, 3.63) is 52.0 Å². The number of nitrogens with zero attached hydrogens (tertiary/aromatic N) is 2. The van der Waals surface area contributed by atoms with Crippen LogP contribution >= 0.6 is 34.5 Å². The third kappa shape index (κ3) is 3.10. The number of fused-ring (bicyclic) bond motifs is 1. The Bertz CT molecular complexity index is 832. The molecule has 106 valence electrons. The largest absolute Gasteiger partial charge is 0.507 e. The number of hydrazone groups is 1. The first-order chi connectivity index (χ1) is 10.1. The molecule has 0 saturated carbocycles. The minimum Gasteiger partial charge on any atom is -0.507 e. The monoisotopic (exact) mass is 337 g/mol. The summed E-state index contributed by atoms with van der Waals surface area (Å²) in [6.07, 6.45) is 1.52. The van der Waals surface area contributed by atoms with E-state index in [1.165, 1.54) is 17.6 Å². The number of anilines is 1. The van der Waals surface area contributed by atoms with Gasteiger partial charge in [-0.05, 0) is 24.3 Å². The van der Waals surface area contributed by atoms with E-state index in [1.807, 2.05) is 6.07 Å². The molecule has 2 N–H and O–H groups in total. The van der Waals surface area contributed by atoms with Crippen LogP contribution in [0.5, 0.6) is 5.75 Å². The predicted octanol–water partition coefficient (Wildman–Crippen LogP) is 4.75. The Labute approximate surface area is 134 Å². The fourth-order valence-electron chi connectivity index (χ4n) is 1.76. The van der Waals surface area contributed by atoms with Gasteiger partial charge in [0.25, 0.3) is 0 Å². The lowest BCUT2D eigenvalue weighted by Crippen LogP contribution is -1.89. The lowest BCUT2D eigenvalue weighted by Gasteiger charge is -1.96. The topological polar surface area (TPSA) is 57.5 Å². The molecule has 0 fully saturated rings. The van der Waals surface area contributed by atoms with Gasteiger partial charge in [0.05, 0.1) is 15.9 Å². The molecule has 1 heterocycles. The van der Waals surface area contributed by atoms with Crippen molar-refractivity contribution in [2.75, 3.05) is 5.43 Å². The van der Waals surface area contributed by atoms with Crippen LogP contribution in [-0.2, 0) is 0 Å². The molecule has 1 aromatic heterocycles. The van der Waals surface area contributed by atoms with E-state index in [0.29, 0.717) is 26.3 Å². The third-order valence-electron chi connectivity index (χ3n) is 2.71. The summed E-state index contributed by atoms with van der Waals surface area (Å²) in [6, 6.07) is 10.4. The molecular weight excluding hydrogens is 329 g/mol. The van der Waals surface area contributed by atoms with Crippen molar-refractivity contribution in [2.45, 2.75) is 0 Å². The fourth-order valence-corrected chi connectivity index (χ4v) is 3.30. The summed E-state index contributed by atoms with van der Waals surface area (Å²) < 4.78 is 0.882. The lowest BCUT2D eigenvalue weighted by atomic mass is 10.2. The molecule has 0 unspecified atom stereocenters. The summed E-state index contributed by atoms with van der Waals surface area (Å²) in [5.41, 5.74) is 4.12. The first-order valence-corrected chi connectivity index (χ1v) is 7.53. The summed E-state index contributed by atoms with van der Waals surface area (Å²) >= 11 is 13.4. The van der Waals surface area contributed by atoms with E-state index >= 15 is 0 Å². The molecule has 0 aliphatic carbocycles. The van der Waals surface area contributed by atoms with Crippen LogP contribution in [0.3, 0.4) is 0 Å². The molecular formula is C14H9Cl2N3OS. The molecule has 7 heteroatoms. The number of para-hydroxylation sites is 1. The van der Waals surface area contributed by atoms with Crippen LogP contribution in [0, 0.1) is 0 Å². The second-order valence-electron chi connectivity index (χ2n) is 4.18. The standard InChI is InChI=1S/C14H9Cl2N3OS/c15-9-5-10(16)13-12(6-9)21-14(18-13)19-17-7-8-3-1-2-4-11(8)20/h1-7,20H,(H,18,19)/b17-7+. The fraction of sp³-hybridized carbons (Fsp3) is 0. The molecule has 0 aliphatic heterocycles. The summed E-state index contributed by atoms with van der Waals surface area (Å²) in [4.78, 5) is 4.35. The predicted molar refractivity (Wildman–Crippen MR) is 89.0 cm³/mol. The maximum atomic E-state index is 9.62. The number of thiazole rings is 1. The molecule has 0 bridgehead atoms. The van der Waals surface area contributed by atoms with Crippen LogP contribution in [0.15, 0.2) is 41.5 Å². The Morgan fingerprint density at radius 3 is 2.86 bits per heavy atom. The lowest BCUT2D eigenvalue weighted by molar-refractivity contribution is 0.474. The number of benzene rings is 2. The minimum absolute atomic E-state index is 0.169. The van der Waals surface area contributed by atoms with E-state index in [4.69, 9.17) is 23.2 Å². The number of hydrogen-bond acceptors (Lipinski definition) is 5. The Morgan fingerprint density at radius 1 is 1.24 bits per heavy atom. The number of aromatic hydroxyl groups is 1. The van der Waals surface area contributed by atoms with Crippen LogP contribution in [0.2, 0.25) is 10.0 Å². The van der Waals surface area contributed by atoms with Gasteiger partial charge < -0.3 is 5.11 Å². The van der Waals surface area contributed by atoms with E-state index in [-0.39, 0.29) is 5.75 Å². The molecule has 21 heavy (non-hydrogen) atoms. The van der Waals surface area contributed by atoms with E-state index < -0.39 is 0 Å². The van der Waals surface area contributed by atoms with Crippen molar-refractivity contribution in [1.29, 1.82) is 0 Å². The first-order valence-electron chi connectivity index (χ1n) is 5.96. The highest BCUT2D eigenvalue weighted by atomic mass is 35.5. The van der Waals surface area contributed by atoms with Gasteiger partial charge in [0.1, 0.15) is 11.3 Å². The molecule has 0 radical (unpaired) electrons. The summed E-state index contributed by atoms with van der Waals surface area (Å²) in [7, 11) is 0. The second kappa shape index (κ2) is 5.89. The van der Waals surface area contributed by atoms with Crippen molar-refractivity contribution in [3.63, 3.8) is 0 Å². The maximum absolute atomic E-state index is 9.62. The third-order valence-corrected chi connectivity index (χ3v) is 4.13. The Balaban J connectivity index is 1.83. The number of phenolic OH excluding ortho intramolecular Hbond substituents is 1. The number of nitrogens with one attached hydrogen (secondary N) is 1. The molecule has 0 saturated heterocycles. The number of phenols is 1. The average Bonchev–Trinajstić information content (AvgIpc) is 2.84. The molecule has 0 atom stereocenters. The van der Waals surface area contributed by atoms with Gasteiger partial charge in [-0.1, -0.05) is 46.7 Å². The van der Waals surface area contributed by atoms with Crippen LogP contribution in [0.25, 0.3) is 10.2 Å². The van der Waals surface area contributed by atoms with Crippen LogP contribution < -0.4 is 5.43 Å². The van der Waals surface area contributed by atoms with Crippen LogP contribution in [0.4, 0.5) is 5.13 Å². The van der Waals surface area contributed by atoms with Gasteiger partial charge in [-0.15, -0.1) is 0 Å². The van der Waals surface area contributed by atoms with Crippen LogP contribution in [0.1, 0.15) is 5.56 Å². The molecule has 0 aliphatic rings. The van der Waals surface area contributed by atoms with Gasteiger partial charge >= 0.3 is 0 Å². The molecule has 0 spiro atoms. The van der Waals surface area contributed by atoms with Crippen molar-refractivity contribution >= 4 is 56.1 Å². The van der Waals surface area contributed by atoms with Crippen molar-refractivity contribution < 1.29 is 5.11 Å². The second-order valence-corrected chi connectivity index (χ2v) is 6.06. The van der Waals surface area contributed by atoms with E-state index in [1.54, 1.807) is 30.3 Å². The quantitative estimate of drug-likeness (QED) is 0.535. The number of hydrogen-bond donors (Lipinski definition) is 2. The van der Waals surface area contributed by atoms with Gasteiger partial charge in [0, 0.05) is 10.6 Å². The molecule has 3 aromatic rings. The van der Waals surface area contributed by atoms with Crippen molar-refractivity contribution in [2.24, 2.45) is 5.10 Å². The summed E-state index contributed by atoms with van der Waals surface area (Å²) in [5.74, 6) is 0.169. The Kier molecular flexibility index (Phi) is 3.96. The van der Waals surface area contributed by atoms with E-state index in [0.717, 1.165) is 4.70 Å². The normalized spacial score (nSPS) is 11.3.